The van der Waals surface area contributed by atoms with Crippen LogP contribution in [0.3, 0.4) is 0 Å². The molecule has 18 heavy (non-hydrogen) atoms. The lowest BCUT2D eigenvalue weighted by molar-refractivity contribution is -0.123. The van der Waals surface area contributed by atoms with Gasteiger partial charge in [-0.2, -0.15) is 0 Å². The van der Waals surface area contributed by atoms with Crippen LogP contribution in [0, 0.1) is 0 Å². The van der Waals surface area contributed by atoms with Gasteiger partial charge in [-0.05, 0) is 37.6 Å². The van der Waals surface area contributed by atoms with E-state index in [9.17, 15) is 9.90 Å². The SMILES string of the molecule is CC(C)N1C(=O)/C(=C\c2ccc(O)cc2)SC1=S. The van der Waals surface area contributed by atoms with E-state index in [0.29, 0.717) is 9.23 Å². The highest BCUT2D eigenvalue weighted by Crippen LogP contribution is 2.33. The third-order valence-electron chi connectivity index (χ3n) is 2.53. The van der Waals surface area contributed by atoms with E-state index in [0.717, 1.165) is 5.56 Å². The molecule has 0 radical (unpaired) electrons. The minimum absolute atomic E-state index is 0.0481. The summed E-state index contributed by atoms with van der Waals surface area (Å²) in [6.07, 6.45) is 1.79. The monoisotopic (exact) mass is 279 g/mol. The number of carbonyl (C=O) groups excluding carboxylic acids is 1. The molecule has 2 rings (SSSR count). The molecule has 1 amide bonds. The molecule has 0 saturated carbocycles. The lowest BCUT2D eigenvalue weighted by Crippen LogP contribution is -2.34. The number of thioether (sulfide) groups is 1. The van der Waals surface area contributed by atoms with E-state index in [1.165, 1.54) is 11.8 Å². The minimum atomic E-state index is -0.0481. The molecule has 1 aromatic rings. The van der Waals surface area contributed by atoms with E-state index in [-0.39, 0.29) is 17.7 Å². The Kier molecular flexibility index (Phi) is 3.73. The smallest absolute Gasteiger partial charge is 0.266 e. The number of phenolic OH excluding ortho intramolecular Hbond substituents is 1. The van der Waals surface area contributed by atoms with E-state index >= 15 is 0 Å². The molecule has 1 aliphatic rings. The molecule has 1 N–H and O–H groups in total. The number of benzene rings is 1. The number of hydrogen-bond acceptors (Lipinski definition) is 4. The van der Waals surface area contributed by atoms with Crippen LogP contribution in [0.2, 0.25) is 0 Å². The van der Waals surface area contributed by atoms with Gasteiger partial charge in [0, 0.05) is 6.04 Å². The summed E-state index contributed by atoms with van der Waals surface area (Å²) >= 11 is 6.51. The van der Waals surface area contributed by atoms with Gasteiger partial charge >= 0.3 is 0 Å². The van der Waals surface area contributed by atoms with Crippen molar-refractivity contribution in [2.24, 2.45) is 0 Å². The average molecular weight is 279 g/mol. The minimum Gasteiger partial charge on any atom is -0.508 e. The fraction of sp³-hybridized carbons (Fsp3) is 0.231. The zero-order valence-corrected chi connectivity index (χ0v) is 11.7. The molecule has 0 aliphatic carbocycles. The van der Waals surface area contributed by atoms with Gasteiger partial charge < -0.3 is 5.11 Å². The summed E-state index contributed by atoms with van der Waals surface area (Å²) in [5.41, 5.74) is 0.872. The Morgan fingerprint density at radius 2 is 1.94 bits per heavy atom. The van der Waals surface area contributed by atoms with Gasteiger partial charge in [0.05, 0.1) is 4.91 Å². The first-order valence-corrected chi connectivity index (χ1v) is 6.77. The molecule has 1 aromatic carbocycles. The maximum Gasteiger partial charge on any atom is 0.266 e. The number of hydrogen-bond donors (Lipinski definition) is 1. The lowest BCUT2D eigenvalue weighted by atomic mass is 10.2. The summed E-state index contributed by atoms with van der Waals surface area (Å²) in [7, 11) is 0. The maximum absolute atomic E-state index is 12.1. The first kappa shape index (κ1) is 13.1. The van der Waals surface area contributed by atoms with Crippen molar-refractivity contribution < 1.29 is 9.90 Å². The highest BCUT2D eigenvalue weighted by Gasteiger charge is 2.33. The average Bonchev–Trinajstić information content (AvgIpc) is 2.57. The molecule has 0 bridgehead atoms. The molecule has 3 nitrogen and oxygen atoms in total. The second-order valence-corrected chi connectivity index (χ2v) is 5.91. The predicted octanol–water partition coefficient (Wildman–Crippen LogP) is 3.00. The first-order chi connectivity index (χ1) is 8.49. The highest BCUT2D eigenvalue weighted by molar-refractivity contribution is 8.26. The summed E-state index contributed by atoms with van der Waals surface area (Å²) in [4.78, 5) is 14.4. The van der Waals surface area contributed by atoms with Crippen LogP contribution < -0.4 is 0 Å². The second kappa shape index (κ2) is 5.12. The molecule has 1 heterocycles. The number of carbonyl (C=O) groups is 1. The summed E-state index contributed by atoms with van der Waals surface area (Å²) in [6.45, 7) is 3.88. The van der Waals surface area contributed by atoms with Crippen molar-refractivity contribution >= 4 is 40.3 Å². The van der Waals surface area contributed by atoms with E-state index in [1.54, 1.807) is 35.2 Å². The normalized spacial score (nSPS) is 18.2. The molecule has 1 fully saturated rings. The fourth-order valence-corrected chi connectivity index (χ4v) is 3.17. The van der Waals surface area contributed by atoms with Gasteiger partial charge in [0.2, 0.25) is 0 Å². The van der Waals surface area contributed by atoms with Crippen LogP contribution in [-0.2, 0) is 4.79 Å². The van der Waals surface area contributed by atoms with Crippen molar-refractivity contribution in [3.8, 4) is 5.75 Å². The number of amides is 1. The largest absolute Gasteiger partial charge is 0.508 e. The van der Waals surface area contributed by atoms with Gasteiger partial charge in [0.1, 0.15) is 10.1 Å². The van der Waals surface area contributed by atoms with E-state index in [2.05, 4.69) is 0 Å². The molecule has 5 heteroatoms. The van der Waals surface area contributed by atoms with Crippen LogP contribution in [0.4, 0.5) is 0 Å². The predicted molar refractivity (Wildman–Crippen MR) is 78.3 cm³/mol. The van der Waals surface area contributed by atoms with Gasteiger partial charge in [-0.15, -0.1) is 0 Å². The van der Waals surface area contributed by atoms with Gasteiger partial charge in [0.15, 0.2) is 0 Å². The number of thiocarbonyl (C=S) groups is 1. The van der Waals surface area contributed by atoms with Gasteiger partial charge in [-0.1, -0.05) is 36.1 Å². The molecule has 1 saturated heterocycles. The third kappa shape index (κ3) is 2.57. The van der Waals surface area contributed by atoms with E-state index in [4.69, 9.17) is 12.2 Å². The van der Waals surface area contributed by atoms with Crippen LogP contribution in [0.25, 0.3) is 6.08 Å². The summed E-state index contributed by atoms with van der Waals surface area (Å²) in [5.74, 6) is 0.162. The Morgan fingerprint density at radius 1 is 1.33 bits per heavy atom. The Hall–Kier alpha value is -1.33. The van der Waals surface area contributed by atoms with Crippen molar-refractivity contribution in [1.29, 1.82) is 0 Å². The van der Waals surface area contributed by atoms with Gasteiger partial charge in [-0.25, -0.2) is 0 Å². The van der Waals surface area contributed by atoms with E-state index < -0.39 is 0 Å². The lowest BCUT2D eigenvalue weighted by Gasteiger charge is -2.18. The number of aromatic hydroxyl groups is 1. The quantitative estimate of drug-likeness (QED) is 0.667. The highest BCUT2D eigenvalue weighted by atomic mass is 32.2. The number of nitrogens with zero attached hydrogens (tertiary/aromatic N) is 1. The summed E-state index contributed by atoms with van der Waals surface area (Å²) in [6, 6.07) is 6.78. The van der Waals surface area contributed by atoms with Gasteiger partial charge in [-0.3, -0.25) is 9.69 Å². The van der Waals surface area contributed by atoms with Crippen molar-refractivity contribution in [2.45, 2.75) is 19.9 Å². The van der Waals surface area contributed by atoms with Crippen LogP contribution in [0.1, 0.15) is 19.4 Å². The van der Waals surface area contributed by atoms with Crippen LogP contribution in [0.5, 0.6) is 5.75 Å². The molecule has 94 valence electrons. The van der Waals surface area contributed by atoms with Crippen molar-refractivity contribution in [2.75, 3.05) is 0 Å². The Balaban J connectivity index is 2.28. The molecule has 0 spiro atoms. The fourth-order valence-electron chi connectivity index (χ4n) is 1.65. The Labute approximate surface area is 115 Å². The number of rotatable bonds is 2. The summed E-state index contributed by atoms with van der Waals surface area (Å²) < 4.78 is 0.597. The van der Waals surface area contributed by atoms with Crippen LogP contribution >= 0.6 is 24.0 Å². The zero-order valence-electron chi connectivity index (χ0n) is 10.1. The molecular weight excluding hydrogens is 266 g/mol. The maximum atomic E-state index is 12.1. The van der Waals surface area contributed by atoms with Gasteiger partial charge in [0.25, 0.3) is 5.91 Å². The standard InChI is InChI=1S/C13H13NO2S2/c1-8(2)14-12(16)11(18-13(14)17)7-9-3-5-10(15)6-4-9/h3-8,15H,1-2H3/b11-7+. The van der Waals surface area contributed by atoms with Crippen molar-refractivity contribution in [1.82, 2.24) is 4.90 Å². The van der Waals surface area contributed by atoms with Crippen molar-refractivity contribution in [3.63, 3.8) is 0 Å². The summed E-state index contributed by atoms with van der Waals surface area (Å²) in [5, 5.41) is 9.20. The molecule has 1 aliphatic heterocycles. The van der Waals surface area contributed by atoms with Crippen LogP contribution in [0.15, 0.2) is 29.2 Å². The first-order valence-electron chi connectivity index (χ1n) is 5.55. The van der Waals surface area contributed by atoms with Crippen LogP contribution in [-0.4, -0.2) is 26.3 Å². The molecule has 0 aromatic heterocycles. The molecular formula is C13H13NO2S2. The van der Waals surface area contributed by atoms with Crippen molar-refractivity contribution in [3.05, 3.63) is 34.7 Å². The second-order valence-electron chi connectivity index (χ2n) is 4.24. The Bertz CT molecular complexity index is 520. The molecule has 0 unspecified atom stereocenters. The number of phenols is 1. The zero-order chi connectivity index (χ0) is 13.3. The Morgan fingerprint density at radius 3 is 2.44 bits per heavy atom. The topological polar surface area (TPSA) is 40.5 Å². The third-order valence-corrected chi connectivity index (χ3v) is 3.86. The molecule has 0 atom stereocenters. The van der Waals surface area contributed by atoms with E-state index in [1.807, 2.05) is 13.8 Å².